The Labute approximate surface area is 215 Å². The van der Waals surface area contributed by atoms with Gasteiger partial charge in [0, 0.05) is 36.3 Å². The average molecular weight is 475 g/mol. The van der Waals surface area contributed by atoms with Crippen molar-refractivity contribution in [1.82, 2.24) is 9.80 Å². The Morgan fingerprint density at radius 2 is 0.800 bits per heavy atom. The predicted octanol–water partition coefficient (Wildman–Crippen LogP) is 7.41. The van der Waals surface area contributed by atoms with Crippen LogP contribution in [0.5, 0.6) is 0 Å². The molecule has 0 aromatic carbocycles. The van der Waals surface area contributed by atoms with Crippen LogP contribution in [0.2, 0.25) is 17.5 Å². The molecule has 5 saturated carbocycles. The molecule has 13 unspecified atom stereocenters. The summed E-state index contributed by atoms with van der Waals surface area (Å²) in [5.74, 6) is 7.56. The number of nitrogens with zero attached hydrogens (tertiary/aromatic N) is 2. The highest BCUT2D eigenvalue weighted by Crippen LogP contribution is 2.68. The van der Waals surface area contributed by atoms with Crippen LogP contribution in [0.3, 0.4) is 0 Å². The maximum atomic E-state index is 3.40. The first-order valence-electron chi connectivity index (χ1n) is 17.0. The van der Waals surface area contributed by atoms with Crippen LogP contribution in [0.25, 0.3) is 0 Å². The summed E-state index contributed by atoms with van der Waals surface area (Å²) in [6.07, 6.45) is 29.8. The van der Waals surface area contributed by atoms with Crippen molar-refractivity contribution in [2.45, 2.75) is 176 Å². The molecule has 5 aliphatic carbocycles. The summed E-state index contributed by atoms with van der Waals surface area (Å²) in [6.45, 7) is 1.11. The van der Waals surface area contributed by atoms with E-state index in [0.29, 0.717) is 0 Å². The van der Waals surface area contributed by atoms with Crippen molar-refractivity contribution in [2.24, 2.45) is 23.7 Å². The summed E-state index contributed by atoms with van der Waals surface area (Å²) in [6, 6.07) is 5.95. The summed E-state index contributed by atoms with van der Waals surface area (Å²) in [4.78, 5) is 6.77. The number of hydrogen-bond donors (Lipinski definition) is 0. The molecule has 4 aliphatic heterocycles. The summed E-state index contributed by atoms with van der Waals surface area (Å²) < 4.78 is 0. The Morgan fingerprint density at radius 1 is 0.371 bits per heavy atom. The maximum Gasteiger partial charge on any atom is 0.156 e. The van der Waals surface area contributed by atoms with Gasteiger partial charge in [0.1, 0.15) is 0 Å². The van der Waals surface area contributed by atoms with Gasteiger partial charge in [-0.2, -0.15) is 0 Å². The Morgan fingerprint density at radius 3 is 1.40 bits per heavy atom. The molecule has 3 heteroatoms. The second kappa shape index (κ2) is 8.24. The second-order valence-corrected chi connectivity index (χ2v) is 15.4. The van der Waals surface area contributed by atoms with Crippen molar-refractivity contribution in [3.05, 3.63) is 0 Å². The van der Waals surface area contributed by atoms with Crippen molar-refractivity contribution >= 4 is 6.71 Å². The summed E-state index contributed by atoms with van der Waals surface area (Å²) >= 11 is 0. The monoisotopic (exact) mass is 474 g/mol. The van der Waals surface area contributed by atoms with E-state index in [0.717, 1.165) is 84.1 Å². The van der Waals surface area contributed by atoms with Gasteiger partial charge < -0.3 is 0 Å². The Bertz CT molecular complexity index is 830. The lowest BCUT2D eigenvalue weighted by atomic mass is 9.18. The number of fused-ring (bicyclic) bond motifs is 10. The molecular weight excluding hydrogens is 423 g/mol. The van der Waals surface area contributed by atoms with Gasteiger partial charge in [-0.15, -0.1) is 0 Å². The highest BCUT2D eigenvalue weighted by molar-refractivity contribution is 6.65. The molecule has 9 aliphatic rings. The largest absolute Gasteiger partial charge is 0.295 e. The van der Waals surface area contributed by atoms with E-state index in [1.165, 1.54) is 25.7 Å². The SMILES string of the molecule is C1CCCC2C(CC1)C1CCCC3B4C5CCCC6C7CCCCC7N(C7CCCC(C47)N2C31)C56. The molecule has 0 amide bonds. The Kier molecular flexibility index (Phi) is 5.15. The third-order valence-electron chi connectivity index (χ3n) is 14.6. The van der Waals surface area contributed by atoms with Crippen LogP contribution in [0, 0.1) is 23.7 Å². The van der Waals surface area contributed by atoms with Crippen LogP contribution in [0.15, 0.2) is 0 Å². The quantitative estimate of drug-likeness (QED) is 0.337. The number of hydrogen-bond acceptors (Lipinski definition) is 2. The zero-order valence-corrected chi connectivity index (χ0v) is 22.4. The fourth-order valence-corrected chi connectivity index (χ4v) is 14.2. The highest BCUT2D eigenvalue weighted by atomic mass is 15.3. The van der Waals surface area contributed by atoms with Gasteiger partial charge in [0.05, 0.1) is 0 Å². The van der Waals surface area contributed by atoms with Crippen molar-refractivity contribution < 1.29 is 0 Å². The van der Waals surface area contributed by atoms with Gasteiger partial charge in [0.15, 0.2) is 6.71 Å². The van der Waals surface area contributed by atoms with Gasteiger partial charge in [0.25, 0.3) is 0 Å². The van der Waals surface area contributed by atoms with E-state index in [-0.39, 0.29) is 0 Å². The van der Waals surface area contributed by atoms with Gasteiger partial charge in [-0.1, -0.05) is 70.6 Å². The van der Waals surface area contributed by atoms with Crippen LogP contribution in [-0.4, -0.2) is 52.8 Å². The molecule has 9 rings (SSSR count). The molecule has 4 saturated heterocycles. The van der Waals surface area contributed by atoms with Crippen molar-refractivity contribution in [3.8, 4) is 0 Å². The molecule has 0 radical (unpaired) electrons. The van der Waals surface area contributed by atoms with E-state index >= 15 is 0 Å². The molecule has 0 aromatic heterocycles. The zero-order valence-electron chi connectivity index (χ0n) is 22.4. The molecule has 0 spiro atoms. The molecule has 0 N–H and O–H groups in total. The van der Waals surface area contributed by atoms with Crippen LogP contribution >= 0.6 is 0 Å². The van der Waals surface area contributed by atoms with E-state index in [1.807, 2.05) is 0 Å². The first-order chi connectivity index (χ1) is 17.4. The first kappa shape index (κ1) is 21.9. The molecule has 0 bridgehead atoms. The van der Waals surface area contributed by atoms with Gasteiger partial charge in [-0.05, 0) is 92.5 Å². The predicted molar refractivity (Wildman–Crippen MR) is 145 cm³/mol. The third kappa shape index (κ3) is 2.87. The second-order valence-electron chi connectivity index (χ2n) is 15.4. The molecule has 35 heavy (non-hydrogen) atoms. The average Bonchev–Trinajstić information content (AvgIpc) is 3.38. The minimum Gasteiger partial charge on any atom is -0.295 e. The smallest absolute Gasteiger partial charge is 0.156 e. The van der Waals surface area contributed by atoms with Gasteiger partial charge in [-0.25, -0.2) is 0 Å². The standard InChI is InChI=1S/C32H51BN2/c1-2-4-16-26-20(10-3-1)22-12-7-14-24-31(22)34(26)28-18-9-19-29-30(28)33(24)25-15-8-13-23-21-11-5-6-17-27(21)35(29)32(23)25/h20-32H,1-19H2. The van der Waals surface area contributed by atoms with Crippen molar-refractivity contribution in [2.75, 3.05) is 0 Å². The lowest BCUT2D eigenvalue weighted by Crippen LogP contribution is -2.71. The molecule has 9 fully saturated rings. The molecule has 2 nitrogen and oxygen atoms in total. The third-order valence-corrected chi connectivity index (χ3v) is 14.6. The number of rotatable bonds is 0. The Hall–Kier alpha value is -0.0151. The summed E-state index contributed by atoms with van der Waals surface area (Å²) in [5.41, 5.74) is 0. The Balaban J connectivity index is 1.16. The van der Waals surface area contributed by atoms with Crippen molar-refractivity contribution in [3.63, 3.8) is 0 Å². The molecule has 192 valence electrons. The lowest BCUT2D eigenvalue weighted by Gasteiger charge is -2.66. The van der Waals surface area contributed by atoms with Gasteiger partial charge in [0.2, 0.25) is 0 Å². The fraction of sp³-hybridized carbons (Fsp3) is 1.00. The molecule has 4 heterocycles. The first-order valence-corrected chi connectivity index (χ1v) is 17.0. The highest BCUT2D eigenvalue weighted by Gasteiger charge is 2.70. The normalized spacial score (nSPS) is 57.3. The van der Waals surface area contributed by atoms with Crippen LogP contribution < -0.4 is 0 Å². The van der Waals surface area contributed by atoms with Crippen molar-refractivity contribution in [1.29, 1.82) is 0 Å². The van der Waals surface area contributed by atoms with Crippen LogP contribution in [0.4, 0.5) is 0 Å². The molecule has 0 aromatic rings. The van der Waals surface area contributed by atoms with E-state index in [2.05, 4.69) is 9.80 Å². The van der Waals surface area contributed by atoms with Gasteiger partial charge in [-0.3, -0.25) is 9.80 Å². The summed E-state index contributed by atoms with van der Waals surface area (Å²) in [7, 11) is 0. The van der Waals surface area contributed by atoms with E-state index < -0.39 is 0 Å². The van der Waals surface area contributed by atoms with E-state index in [9.17, 15) is 0 Å². The van der Waals surface area contributed by atoms with E-state index in [1.54, 1.807) is 96.3 Å². The summed E-state index contributed by atoms with van der Waals surface area (Å²) in [5, 5.41) is 0. The van der Waals surface area contributed by atoms with E-state index in [4.69, 9.17) is 0 Å². The maximum absolute atomic E-state index is 3.40. The van der Waals surface area contributed by atoms with Crippen LogP contribution in [0.1, 0.15) is 122 Å². The van der Waals surface area contributed by atoms with Gasteiger partial charge >= 0.3 is 0 Å². The minimum absolute atomic E-state index is 0.971. The topological polar surface area (TPSA) is 6.48 Å². The minimum atomic E-state index is 0.971. The zero-order chi connectivity index (χ0) is 22.7. The van der Waals surface area contributed by atoms with Crippen LogP contribution in [-0.2, 0) is 0 Å². The lowest BCUT2D eigenvalue weighted by molar-refractivity contribution is -0.0194. The molecular formula is C32H51BN2. The fourth-order valence-electron chi connectivity index (χ4n) is 14.2. The molecule has 13 atom stereocenters.